The fourth-order valence-corrected chi connectivity index (χ4v) is 4.61. The Morgan fingerprint density at radius 3 is 3.05 bits per heavy atom. The number of ether oxygens (including phenoxy) is 2. The summed E-state index contributed by atoms with van der Waals surface area (Å²) in [6.45, 7) is 3.27. The average molecular weight is 311 g/mol. The van der Waals surface area contributed by atoms with Crippen LogP contribution in [0.3, 0.4) is 0 Å². The van der Waals surface area contributed by atoms with E-state index >= 15 is 0 Å². The van der Waals surface area contributed by atoms with Gasteiger partial charge < -0.3 is 9.47 Å². The van der Waals surface area contributed by atoms with Crippen LogP contribution in [-0.4, -0.2) is 18.3 Å². The zero-order valence-electron chi connectivity index (χ0n) is 12.1. The Balaban J connectivity index is 1.54. The number of rotatable bonds is 4. The van der Waals surface area contributed by atoms with Crippen LogP contribution >= 0.6 is 11.6 Å². The molecule has 1 aliphatic heterocycles. The van der Waals surface area contributed by atoms with Crippen LogP contribution in [0, 0.1) is 23.6 Å². The standard InChI is InChI=1S/C17H20ClFO2/c1-2-17-7-10(8-21-17)11-6-12(11)16(17)20-9-13-14(18)4-3-5-15(13)19/h3-5,10-12,16H,2,6-9H2,1H3/t10-,11+,12?,16+,17-/m0/s1. The first-order valence-corrected chi connectivity index (χ1v) is 8.21. The van der Waals surface area contributed by atoms with E-state index in [2.05, 4.69) is 6.92 Å². The molecule has 114 valence electrons. The van der Waals surface area contributed by atoms with Crippen molar-refractivity contribution in [2.45, 2.75) is 44.5 Å². The second-order valence-corrected chi connectivity index (χ2v) is 7.10. The molecule has 1 aromatic rings. The third kappa shape index (κ3) is 2.13. The quantitative estimate of drug-likeness (QED) is 0.830. The van der Waals surface area contributed by atoms with Crippen LogP contribution in [0.15, 0.2) is 18.2 Å². The number of hydrogen-bond acceptors (Lipinski definition) is 2. The van der Waals surface area contributed by atoms with Crippen LogP contribution in [-0.2, 0) is 16.1 Å². The van der Waals surface area contributed by atoms with E-state index in [1.807, 2.05) is 0 Å². The molecule has 0 aromatic heterocycles. The lowest BCUT2D eigenvalue weighted by Gasteiger charge is -2.38. The Labute approximate surface area is 129 Å². The molecule has 4 rings (SSSR count). The molecule has 0 radical (unpaired) electrons. The van der Waals surface area contributed by atoms with Gasteiger partial charge in [0, 0.05) is 10.6 Å². The Bertz CT molecular complexity index is 543. The van der Waals surface area contributed by atoms with E-state index in [0.717, 1.165) is 25.4 Å². The van der Waals surface area contributed by atoms with Crippen molar-refractivity contribution in [2.24, 2.45) is 17.8 Å². The molecule has 0 N–H and O–H groups in total. The van der Waals surface area contributed by atoms with Gasteiger partial charge in [0.1, 0.15) is 5.82 Å². The maximum absolute atomic E-state index is 13.9. The highest BCUT2D eigenvalue weighted by Gasteiger charge is 2.64. The molecule has 3 fully saturated rings. The molecule has 2 bridgehead atoms. The van der Waals surface area contributed by atoms with Crippen LogP contribution in [0.2, 0.25) is 5.02 Å². The Morgan fingerprint density at radius 1 is 1.43 bits per heavy atom. The average Bonchev–Trinajstić information content (AvgIpc) is 3.17. The lowest BCUT2D eigenvalue weighted by atomic mass is 9.77. The predicted octanol–water partition coefficient (Wildman–Crippen LogP) is 4.20. The van der Waals surface area contributed by atoms with Crippen LogP contribution in [0.1, 0.15) is 31.7 Å². The van der Waals surface area contributed by atoms with E-state index in [1.165, 1.54) is 12.5 Å². The van der Waals surface area contributed by atoms with Crippen LogP contribution < -0.4 is 0 Å². The van der Waals surface area contributed by atoms with Crippen molar-refractivity contribution in [3.05, 3.63) is 34.6 Å². The second kappa shape index (κ2) is 4.94. The summed E-state index contributed by atoms with van der Waals surface area (Å²) < 4.78 is 26.2. The molecule has 1 unspecified atom stereocenters. The Hall–Kier alpha value is -0.640. The zero-order valence-corrected chi connectivity index (χ0v) is 12.9. The Kier molecular flexibility index (Phi) is 3.29. The van der Waals surface area contributed by atoms with Gasteiger partial charge in [0.05, 0.1) is 24.9 Å². The van der Waals surface area contributed by atoms with Gasteiger partial charge in [0.25, 0.3) is 0 Å². The molecule has 4 heteroatoms. The van der Waals surface area contributed by atoms with E-state index in [4.69, 9.17) is 21.1 Å². The lowest BCUT2D eigenvalue weighted by molar-refractivity contribution is -0.138. The van der Waals surface area contributed by atoms with Gasteiger partial charge in [-0.2, -0.15) is 0 Å². The summed E-state index contributed by atoms with van der Waals surface area (Å²) in [6, 6.07) is 4.77. The van der Waals surface area contributed by atoms with Crippen molar-refractivity contribution in [1.82, 2.24) is 0 Å². The fourth-order valence-electron chi connectivity index (χ4n) is 4.39. The summed E-state index contributed by atoms with van der Waals surface area (Å²) in [5, 5.41) is 0.439. The van der Waals surface area contributed by atoms with Gasteiger partial charge in [-0.25, -0.2) is 4.39 Å². The summed E-state index contributed by atoms with van der Waals surface area (Å²) >= 11 is 6.09. The molecular formula is C17H20ClFO2. The summed E-state index contributed by atoms with van der Waals surface area (Å²) in [5.41, 5.74) is 0.308. The van der Waals surface area contributed by atoms with Crippen molar-refractivity contribution in [1.29, 1.82) is 0 Å². The number of halogens is 2. The van der Waals surface area contributed by atoms with Crippen molar-refractivity contribution < 1.29 is 13.9 Å². The molecule has 21 heavy (non-hydrogen) atoms. The molecule has 3 aliphatic rings. The molecule has 2 nitrogen and oxygen atoms in total. The van der Waals surface area contributed by atoms with Crippen LogP contribution in [0.4, 0.5) is 4.39 Å². The molecular weight excluding hydrogens is 291 g/mol. The van der Waals surface area contributed by atoms with Gasteiger partial charge in [-0.05, 0) is 49.1 Å². The van der Waals surface area contributed by atoms with Gasteiger partial charge in [0.2, 0.25) is 0 Å². The molecule has 1 heterocycles. The Morgan fingerprint density at radius 2 is 2.29 bits per heavy atom. The highest BCUT2D eigenvalue weighted by Crippen LogP contribution is 2.62. The van der Waals surface area contributed by atoms with Crippen molar-refractivity contribution in [3.8, 4) is 0 Å². The van der Waals surface area contributed by atoms with E-state index < -0.39 is 0 Å². The maximum Gasteiger partial charge on any atom is 0.130 e. The van der Waals surface area contributed by atoms with Crippen molar-refractivity contribution >= 4 is 11.6 Å². The molecule has 0 spiro atoms. The first kappa shape index (κ1) is 14.0. The SMILES string of the molecule is CC[C@@]12C[C@@H](CO1)[C@H]1CC1[C@H]2OCc1c(F)cccc1Cl. The smallest absolute Gasteiger partial charge is 0.130 e. The lowest BCUT2D eigenvalue weighted by Crippen LogP contribution is -2.46. The van der Waals surface area contributed by atoms with Crippen molar-refractivity contribution in [3.63, 3.8) is 0 Å². The number of fused-ring (bicyclic) bond motifs is 4. The highest BCUT2D eigenvalue weighted by molar-refractivity contribution is 6.31. The second-order valence-electron chi connectivity index (χ2n) is 6.69. The summed E-state index contributed by atoms with van der Waals surface area (Å²) in [6.07, 6.45) is 3.38. The van der Waals surface area contributed by atoms with E-state index in [0.29, 0.717) is 22.4 Å². The minimum Gasteiger partial charge on any atom is -0.372 e. The van der Waals surface area contributed by atoms with Crippen LogP contribution in [0.5, 0.6) is 0 Å². The minimum absolute atomic E-state index is 0.0851. The zero-order chi connectivity index (χ0) is 14.6. The topological polar surface area (TPSA) is 18.5 Å². The van der Waals surface area contributed by atoms with E-state index in [1.54, 1.807) is 12.1 Å². The van der Waals surface area contributed by atoms with Gasteiger partial charge in [-0.3, -0.25) is 0 Å². The third-order valence-electron chi connectivity index (χ3n) is 5.66. The molecule has 2 aliphatic carbocycles. The minimum atomic E-state index is -0.290. The van der Waals surface area contributed by atoms with Gasteiger partial charge >= 0.3 is 0 Å². The highest BCUT2D eigenvalue weighted by atomic mass is 35.5. The number of hydrogen-bond donors (Lipinski definition) is 0. The molecule has 2 saturated carbocycles. The van der Waals surface area contributed by atoms with E-state index in [9.17, 15) is 4.39 Å². The van der Waals surface area contributed by atoms with E-state index in [-0.39, 0.29) is 24.1 Å². The first-order chi connectivity index (χ1) is 10.1. The molecule has 1 aromatic carbocycles. The summed E-state index contributed by atoms with van der Waals surface area (Å²) in [5.74, 6) is 1.78. The van der Waals surface area contributed by atoms with Crippen molar-refractivity contribution in [2.75, 3.05) is 6.61 Å². The maximum atomic E-state index is 13.9. The monoisotopic (exact) mass is 310 g/mol. The summed E-state index contributed by atoms with van der Waals surface area (Å²) in [4.78, 5) is 0. The van der Waals surface area contributed by atoms with Gasteiger partial charge in [-0.1, -0.05) is 24.6 Å². The first-order valence-electron chi connectivity index (χ1n) is 7.83. The normalized spacial score (nSPS) is 40.1. The molecule has 0 amide bonds. The summed E-state index contributed by atoms with van der Waals surface area (Å²) in [7, 11) is 0. The predicted molar refractivity (Wildman–Crippen MR) is 78.7 cm³/mol. The van der Waals surface area contributed by atoms with Gasteiger partial charge in [-0.15, -0.1) is 0 Å². The number of benzene rings is 1. The molecule has 1 saturated heterocycles. The van der Waals surface area contributed by atoms with Crippen LogP contribution in [0.25, 0.3) is 0 Å². The molecule has 5 atom stereocenters. The van der Waals surface area contributed by atoms with Gasteiger partial charge in [0.15, 0.2) is 0 Å². The fraction of sp³-hybridized carbons (Fsp3) is 0.647. The largest absolute Gasteiger partial charge is 0.372 e. The third-order valence-corrected chi connectivity index (χ3v) is 6.02.